The molecule has 2 nitrogen and oxygen atoms in total. The van der Waals surface area contributed by atoms with E-state index in [0.717, 1.165) is 12.6 Å². The van der Waals surface area contributed by atoms with Gasteiger partial charge < -0.3 is 10.2 Å². The Bertz CT molecular complexity index is 339. The zero-order chi connectivity index (χ0) is 9.42. The van der Waals surface area contributed by atoms with Crippen molar-refractivity contribution in [3.05, 3.63) is 23.8 Å². The van der Waals surface area contributed by atoms with Gasteiger partial charge in [-0.2, -0.15) is 0 Å². The van der Waals surface area contributed by atoms with Crippen molar-refractivity contribution < 1.29 is 8.78 Å². The third kappa shape index (κ3) is 1.32. The summed E-state index contributed by atoms with van der Waals surface area (Å²) in [5, 5.41) is 2.91. The van der Waals surface area contributed by atoms with Gasteiger partial charge in [0, 0.05) is 26.2 Å². The van der Waals surface area contributed by atoms with Crippen molar-refractivity contribution in [3.63, 3.8) is 0 Å². The summed E-state index contributed by atoms with van der Waals surface area (Å²) in [5.41, 5.74) is 0.985. The fourth-order valence-electron chi connectivity index (χ4n) is 1.51. The first-order chi connectivity index (χ1) is 6.18. The summed E-state index contributed by atoms with van der Waals surface area (Å²) in [5.74, 6) is -1.06. The Hall–Kier alpha value is -1.32. The minimum Gasteiger partial charge on any atom is -0.379 e. The van der Waals surface area contributed by atoms with E-state index in [1.165, 1.54) is 6.07 Å². The van der Waals surface area contributed by atoms with Crippen molar-refractivity contribution in [2.45, 2.75) is 0 Å². The zero-order valence-electron chi connectivity index (χ0n) is 7.27. The van der Waals surface area contributed by atoms with Crippen molar-refractivity contribution >= 4 is 11.4 Å². The van der Waals surface area contributed by atoms with Crippen LogP contribution in [0.3, 0.4) is 0 Å². The summed E-state index contributed by atoms with van der Waals surface area (Å²) in [6.45, 7) is 1.45. The van der Waals surface area contributed by atoms with Crippen LogP contribution in [0.25, 0.3) is 0 Å². The Labute approximate surface area is 75.2 Å². The minimum atomic E-state index is -0.535. The topological polar surface area (TPSA) is 15.3 Å². The molecule has 0 saturated carbocycles. The van der Waals surface area contributed by atoms with Crippen molar-refractivity contribution in [3.8, 4) is 0 Å². The number of hydrogen-bond acceptors (Lipinski definition) is 2. The average molecular weight is 184 g/mol. The predicted molar refractivity (Wildman–Crippen MR) is 48.1 cm³/mol. The largest absolute Gasteiger partial charge is 0.379 e. The van der Waals surface area contributed by atoms with E-state index in [1.807, 2.05) is 11.9 Å². The van der Waals surface area contributed by atoms with Crippen LogP contribution in [0.5, 0.6) is 0 Å². The Morgan fingerprint density at radius 1 is 1.38 bits per heavy atom. The summed E-state index contributed by atoms with van der Waals surface area (Å²) in [7, 11) is 1.82. The summed E-state index contributed by atoms with van der Waals surface area (Å²) in [6, 6.07) is 2.23. The van der Waals surface area contributed by atoms with Crippen LogP contribution in [0.15, 0.2) is 12.1 Å². The van der Waals surface area contributed by atoms with Gasteiger partial charge >= 0.3 is 0 Å². The number of hydrogen-bond donors (Lipinski definition) is 1. The van der Waals surface area contributed by atoms with Crippen molar-refractivity contribution in [1.29, 1.82) is 0 Å². The molecule has 0 fully saturated rings. The summed E-state index contributed by atoms with van der Waals surface area (Å²) < 4.78 is 26.0. The first-order valence-corrected chi connectivity index (χ1v) is 4.12. The van der Waals surface area contributed by atoms with Gasteiger partial charge in [0.15, 0.2) is 5.82 Å². The Morgan fingerprint density at radius 3 is 2.92 bits per heavy atom. The van der Waals surface area contributed by atoms with Crippen LogP contribution < -0.4 is 10.2 Å². The van der Waals surface area contributed by atoms with E-state index >= 15 is 0 Å². The maximum atomic E-state index is 13.2. The first kappa shape index (κ1) is 8.29. The fraction of sp³-hybridized carbons (Fsp3) is 0.333. The minimum absolute atomic E-state index is 0.398. The molecule has 1 aromatic rings. The molecule has 0 atom stereocenters. The molecule has 0 aromatic heterocycles. The van der Waals surface area contributed by atoms with Gasteiger partial charge in [-0.25, -0.2) is 8.78 Å². The highest BCUT2D eigenvalue weighted by Crippen LogP contribution is 2.31. The molecule has 0 radical (unpaired) electrons. The number of nitrogens with one attached hydrogen (secondary N) is 1. The maximum Gasteiger partial charge on any atom is 0.151 e. The highest BCUT2D eigenvalue weighted by molar-refractivity contribution is 5.72. The molecule has 1 heterocycles. The monoisotopic (exact) mass is 184 g/mol. The van der Waals surface area contributed by atoms with Gasteiger partial charge in [0.2, 0.25) is 0 Å². The molecule has 0 spiro atoms. The van der Waals surface area contributed by atoms with Crippen LogP contribution in [0.1, 0.15) is 0 Å². The van der Waals surface area contributed by atoms with Gasteiger partial charge in [-0.05, 0) is 6.07 Å². The molecular weight excluding hydrogens is 174 g/mol. The Morgan fingerprint density at radius 2 is 2.15 bits per heavy atom. The second kappa shape index (κ2) is 2.87. The van der Waals surface area contributed by atoms with Crippen molar-refractivity contribution in [2.75, 3.05) is 30.4 Å². The molecule has 70 valence electrons. The van der Waals surface area contributed by atoms with Gasteiger partial charge in [-0.15, -0.1) is 0 Å². The Kier molecular flexibility index (Phi) is 1.83. The highest BCUT2D eigenvalue weighted by Gasteiger charge is 2.17. The van der Waals surface area contributed by atoms with Gasteiger partial charge in [0.25, 0.3) is 0 Å². The second-order valence-electron chi connectivity index (χ2n) is 3.13. The molecule has 0 bridgehead atoms. The molecule has 1 aliphatic heterocycles. The van der Waals surface area contributed by atoms with Crippen LogP contribution in [0.2, 0.25) is 0 Å². The lowest BCUT2D eigenvalue weighted by Crippen LogP contribution is -2.31. The number of anilines is 2. The van der Waals surface area contributed by atoms with E-state index in [2.05, 4.69) is 5.32 Å². The van der Waals surface area contributed by atoms with E-state index in [4.69, 9.17) is 0 Å². The molecule has 4 heteroatoms. The average Bonchev–Trinajstić information content (AvgIpc) is 2.07. The molecule has 0 saturated heterocycles. The highest BCUT2D eigenvalue weighted by atomic mass is 19.1. The van der Waals surface area contributed by atoms with E-state index in [1.54, 1.807) is 0 Å². The number of likely N-dealkylation sites (N-methyl/N-ethyl adjacent to an activating group) is 1. The quantitative estimate of drug-likeness (QED) is 0.661. The van der Waals surface area contributed by atoms with Gasteiger partial charge in [0.05, 0.1) is 11.4 Å². The molecule has 2 rings (SSSR count). The third-order valence-corrected chi connectivity index (χ3v) is 2.19. The van der Waals surface area contributed by atoms with Crippen LogP contribution >= 0.6 is 0 Å². The van der Waals surface area contributed by atoms with E-state index in [9.17, 15) is 8.78 Å². The summed E-state index contributed by atoms with van der Waals surface area (Å²) >= 11 is 0. The smallest absolute Gasteiger partial charge is 0.151 e. The number of halogens is 2. The Balaban J connectivity index is 2.56. The fourth-order valence-corrected chi connectivity index (χ4v) is 1.51. The summed E-state index contributed by atoms with van der Waals surface area (Å²) in [4.78, 5) is 1.83. The van der Waals surface area contributed by atoms with Gasteiger partial charge in [-0.3, -0.25) is 0 Å². The molecule has 0 unspecified atom stereocenters. The van der Waals surface area contributed by atoms with E-state index < -0.39 is 11.6 Å². The molecule has 1 aromatic carbocycles. The van der Waals surface area contributed by atoms with Gasteiger partial charge in [0.1, 0.15) is 5.82 Å². The van der Waals surface area contributed by atoms with Crippen molar-refractivity contribution in [1.82, 2.24) is 0 Å². The maximum absolute atomic E-state index is 13.2. The van der Waals surface area contributed by atoms with Crippen LogP contribution in [0, 0.1) is 11.6 Å². The standard InChI is InChI=1S/C9H10F2N2/c1-13-3-2-12-9-7(11)4-6(10)5-8(9)13/h4-5,12H,2-3H2,1H3. The number of nitrogens with zero attached hydrogens (tertiary/aromatic N) is 1. The van der Waals surface area contributed by atoms with Crippen LogP contribution in [-0.4, -0.2) is 20.1 Å². The lowest BCUT2D eigenvalue weighted by atomic mass is 10.2. The van der Waals surface area contributed by atoms with Crippen LogP contribution in [0.4, 0.5) is 20.2 Å². The normalized spacial score (nSPS) is 15.2. The molecule has 1 aliphatic rings. The van der Waals surface area contributed by atoms with Gasteiger partial charge in [-0.1, -0.05) is 0 Å². The number of rotatable bonds is 0. The predicted octanol–water partition coefficient (Wildman–Crippen LogP) is 1.83. The third-order valence-electron chi connectivity index (χ3n) is 2.19. The molecular formula is C9H10F2N2. The molecule has 1 N–H and O–H groups in total. The van der Waals surface area contributed by atoms with E-state index in [0.29, 0.717) is 17.9 Å². The number of fused-ring (bicyclic) bond motifs is 1. The first-order valence-electron chi connectivity index (χ1n) is 4.12. The molecule has 0 amide bonds. The second-order valence-corrected chi connectivity index (χ2v) is 3.13. The molecule has 0 aliphatic carbocycles. The van der Waals surface area contributed by atoms with Crippen molar-refractivity contribution in [2.24, 2.45) is 0 Å². The molecule has 13 heavy (non-hydrogen) atoms. The zero-order valence-corrected chi connectivity index (χ0v) is 7.27. The van der Waals surface area contributed by atoms with Crippen LogP contribution in [-0.2, 0) is 0 Å². The number of benzene rings is 1. The lowest BCUT2D eigenvalue weighted by Gasteiger charge is -2.28. The summed E-state index contributed by atoms with van der Waals surface area (Å²) in [6.07, 6.45) is 0. The SMILES string of the molecule is CN1CCNc2c(F)cc(F)cc21. The van der Waals surface area contributed by atoms with E-state index in [-0.39, 0.29) is 0 Å². The lowest BCUT2D eigenvalue weighted by molar-refractivity contribution is 0.582.